The van der Waals surface area contributed by atoms with E-state index >= 15 is 0 Å². The minimum atomic E-state index is 0.220. The van der Waals surface area contributed by atoms with Crippen molar-refractivity contribution in [1.29, 1.82) is 0 Å². The van der Waals surface area contributed by atoms with Gasteiger partial charge in [0.1, 0.15) is 17.5 Å². The lowest BCUT2D eigenvalue weighted by molar-refractivity contribution is 0.182. The van der Waals surface area contributed by atoms with Crippen molar-refractivity contribution in [1.82, 2.24) is 19.9 Å². The summed E-state index contributed by atoms with van der Waals surface area (Å²) in [5, 5.41) is 8.77. The van der Waals surface area contributed by atoms with E-state index in [2.05, 4.69) is 64.2 Å². The van der Waals surface area contributed by atoms with Crippen LogP contribution in [0.15, 0.2) is 42.6 Å². The van der Waals surface area contributed by atoms with Gasteiger partial charge in [-0.3, -0.25) is 4.90 Å². The summed E-state index contributed by atoms with van der Waals surface area (Å²) in [6.45, 7) is 10.5. The van der Waals surface area contributed by atoms with Crippen molar-refractivity contribution in [2.75, 3.05) is 29.5 Å². The van der Waals surface area contributed by atoms with E-state index in [0.29, 0.717) is 23.7 Å². The van der Waals surface area contributed by atoms with Crippen molar-refractivity contribution in [2.24, 2.45) is 0 Å². The van der Waals surface area contributed by atoms with Gasteiger partial charge in [0.25, 0.3) is 0 Å². The number of pyridine rings is 1. The first-order valence-electron chi connectivity index (χ1n) is 9.69. The molecule has 1 aromatic carbocycles. The highest BCUT2D eigenvalue weighted by Gasteiger charge is 2.13. The molecule has 0 saturated carbocycles. The fourth-order valence-corrected chi connectivity index (χ4v) is 3.39. The molecule has 0 spiro atoms. The van der Waals surface area contributed by atoms with E-state index in [9.17, 15) is 0 Å². The molecule has 0 radical (unpaired) electrons. The van der Waals surface area contributed by atoms with Crippen molar-refractivity contribution in [2.45, 2.75) is 39.8 Å². The summed E-state index contributed by atoms with van der Waals surface area (Å²) in [5.74, 6) is 2.27. The molecular weight excluding hydrogens is 350 g/mol. The molecule has 148 valence electrons. The number of nitrogens with zero attached hydrogens (tertiary/aromatic N) is 4. The Morgan fingerprint density at radius 3 is 2.46 bits per heavy atom. The normalized spacial score (nSPS) is 11.5. The van der Waals surface area contributed by atoms with E-state index in [-0.39, 0.29) is 5.95 Å². The fraction of sp³-hybridized carbons (Fsp3) is 0.381. The number of anilines is 4. The number of nitrogen functional groups attached to an aromatic ring is 1. The van der Waals surface area contributed by atoms with Gasteiger partial charge < -0.3 is 16.4 Å². The average molecular weight is 380 g/mol. The lowest BCUT2D eigenvalue weighted by Crippen LogP contribution is -2.40. The van der Waals surface area contributed by atoms with Crippen molar-refractivity contribution < 1.29 is 0 Å². The quantitative estimate of drug-likeness (QED) is 0.547. The molecule has 7 nitrogen and oxygen atoms in total. The van der Waals surface area contributed by atoms with Gasteiger partial charge in [0, 0.05) is 42.8 Å². The van der Waals surface area contributed by atoms with E-state index < -0.39 is 0 Å². The highest BCUT2D eigenvalue weighted by Crippen LogP contribution is 2.24. The lowest BCUT2D eigenvalue weighted by atomic mass is 10.1. The summed E-state index contributed by atoms with van der Waals surface area (Å²) in [6, 6.07) is 12.9. The molecule has 0 bridgehead atoms. The zero-order valence-electron chi connectivity index (χ0n) is 17.0. The van der Waals surface area contributed by atoms with Gasteiger partial charge in [-0.2, -0.15) is 9.97 Å². The number of aromatic nitrogens is 3. The molecule has 3 rings (SSSR count). The molecule has 0 amide bonds. The molecule has 28 heavy (non-hydrogen) atoms. The number of benzene rings is 1. The van der Waals surface area contributed by atoms with Crippen LogP contribution in [0.2, 0.25) is 0 Å². The fourth-order valence-electron chi connectivity index (χ4n) is 3.39. The zero-order valence-corrected chi connectivity index (χ0v) is 17.0. The van der Waals surface area contributed by atoms with Crippen LogP contribution >= 0.6 is 0 Å². The second-order valence-corrected chi connectivity index (χ2v) is 7.35. The molecular formula is C21H29N7. The molecule has 2 aromatic heterocycles. The van der Waals surface area contributed by atoms with Gasteiger partial charge in [-0.05, 0) is 39.1 Å². The molecule has 3 aromatic rings. The van der Waals surface area contributed by atoms with Crippen LogP contribution in [-0.4, -0.2) is 45.0 Å². The topological polar surface area (TPSA) is 92.0 Å². The van der Waals surface area contributed by atoms with Crippen molar-refractivity contribution >= 4 is 34.2 Å². The summed E-state index contributed by atoms with van der Waals surface area (Å²) in [5.41, 5.74) is 5.92. The van der Waals surface area contributed by atoms with Crippen LogP contribution in [0.25, 0.3) is 10.8 Å². The van der Waals surface area contributed by atoms with E-state index in [1.54, 1.807) is 6.20 Å². The smallest absolute Gasteiger partial charge is 0.223 e. The maximum absolute atomic E-state index is 5.92. The summed E-state index contributed by atoms with van der Waals surface area (Å²) >= 11 is 0. The van der Waals surface area contributed by atoms with Gasteiger partial charge in [-0.25, -0.2) is 4.98 Å². The molecule has 0 aliphatic rings. The van der Waals surface area contributed by atoms with Gasteiger partial charge in [0.15, 0.2) is 0 Å². The zero-order chi connectivity index (χ0) is 20.1. The molecule has 0 aliphatic carbocycles. The van der Waals surface area contributed by atoms with Crippen molar-refractivity contribution in [3.63, 3.8) is 0 Å². The van der Waals surface area contributed by atoms with Crippen LogP contribution in [0, 0.1) is 0 Å². The Balaban J connectivity index is 1.73. The Morgan fingerprint density at radius 2 is 1.71 bits per heavy atom. The highest BCUT2D eigenvalue weighted by molar-refractivity contribution is 5.92. The Bertz CT molecular complexity index is 910. The molecule has 4 N–H and O–H groups in total. The van der Waals surface area contributed by atoms with Crippen LogP contribution in [0.1, 0.15) is 27.7 Å². The van der Waals surface area contributed by atoms with Crippen LogP contribution in [0.4, 0.5) is 23.4 Å². The maximum atomic E-state index is 5.92. The molecule has 2 heterocycles. The van der Waals surface area contributed by atoms with Crippen LogP contribution < -0.4 is 16.4 Å². The lowest BCUT2D eigenvalue weighted by Gasteiger charge is -2.30. The number of fused-ring (bicyclic) bond motifs is 1. The minimum absolute atomic E-state index is 0.220. The molecule has 0 saturated heterocycles. The van der Waals surface area contributed by atoms with Crippen molar-refractivity contribution in [3.8, 4) is 0 Å². The molecule has 0 unspecified atom stereocenters. The first-order valence-corrected chi connectivity index (χ1v) is 9.69. The molecule has 7 heteroatoms. The summed E-state index contributed by atoms with van der Waals surface area (Å²) in [4.78, 5) is 15.5. The third kappa shape index (κ3) is 4.86. The third-order valence-electron chi connectivity index (χ3n) is 4.67. The van der Waals surface area contributed by atoms with E-state index in [0.717, 1.165) is 29.7 Å². The summed E-state index contributed by atoms with van der Waals surface area (Å²) < 4.78 is 0. The van der Waals surface area contributed by atoms with E-state index in [1.165, 1.54) is 0 Å². The minimum Gasteiger partial charge on any atom is -0.369 e. The predicted octanol–water partition coefficient (Wildman–Crippen LogP) is 3.88. The predicted molar refractivity (Wildman–Crippen MR) is 117 cm³/mol. The molecule has 0 atom stereocenters. The van der Waals surface area contributed by atoms with Crippen molar-refractivity contribution in [3.05, 3.63) is 42.6 Å². The summed E-state index contributed by atoms with van der Waals surface area (Å²) in [7, 11) is 0. The van der Waals surface area contributed by atoms with Gasteiger partial charge >= 0.3 is 0 Å². The first-order chi connectivity index (χ1) is 13.4. The largest absolute Gasteiger partial charge is 0.369 e. The number of nitrogens with two attached hydrogens (primary N) is 1. The Morgan fingerprint density at radius 1 is 1.00 bits per heavy atom. The van der Waals surface area contributed by atoms with Gasteiger partial charge in [-0.15, -0.1) is 0 Å². The van der Waals surface area contributed by atoms with E-state index in [1.807, 2.05) is 30.3 Å². The van der Waals surface area contributed by atoms with Crippen LogP contribution in [0.5, 0.6) is 0 Å². The average Bonchev–Trinajstić information content (AvgIpc) is 2.64. The van der Waals surface area contributed by atoms with Crippen LogP contribution in [0.3, 0.4) is 0 Å². The number of nitrogens with one attached hydrogen (secondary N) is 2. The summed E-state index contributed by atoms with van der Waals surface area (Å²) in [6.07, 6.45) is 1.78. The molecule has 0 aliphatic heterocycles. The second kappa shape index (κ2) is 8.84. The van der Waals surface area contributed by atoms with Gasteiger partial charge in [0.05, 0.1) is 0 Å². The van der Waals surface area contributed by atoms with Gasteiger partial charge in [0.2, 0.25) is 5.95 Å². The Hall–Kier alpha value is -2.93. The number of rotatable bonds is 8. The first kappa shape index (κ1) is 19.8. The number of hydrogen-bond donors (Lipinski definition) is 3. The maximum Gasteiger partial charge on any atom is 0.223 e. The monoisotopic (exact) mass is 379 g/mol. The Kier molecular flexibility index (Phi) is 6.26. The standard InChI is InChI=1S/C21H29N7/c1-14(2)28(15(3)4)12-11-23-18-13-19(27-21(22)26-18)25-20-17-8-6-5-7-16(17)9-10-24-20/h5-10,13-15H,11-12H2,1-4H3,(H4,22,23,24,25,26,27). The third-order valence-corrected chi connectivity index (χ3v) is 4.67. The highest BCUT2D eigenvalue weighted by atomic mass is 15.2. The molecule has 0 fully saturated rings. The number of hydrogen-bond acceptors (Lipinski definition) is 7. The SMILES string of the molecule is CC(C)N(CCNc1cc(Nc2nccc3ccccc23)nc(N)n1)C(C)C. The van der Waals surface area contributed by atoms with Crippen LogP contribution in [-0.2, 0) is 0 Å². The Labute approximate surface area is 166 Å². The second-order valence-electron chi connectivity index (χ2n) is 7.35. The van der Waals surface area contributed by atoms with E-state index in [4.69, 9.17) is 5.73 Å². The van der Waals surface area contributed by atoms with Gasteiger partial charge in [-0.1, -0.05) is 24.3 Å².